The number of hydrogen-bond acceptors (Lipinski definition) is 4. The number of rotatable bonds is 7. The van der Waals surface area contributed by atoms with Crippen LogP contribution in [0.2, 0.25) is 0 Å². The summed E-state index contributed by atoms with van der Waals surface area (Å²) >= 11 is 0. The molecule has 2 aromatic rings. The zero-order chi connectivity index (χ0) is 22.1. The van der Waals surface area contributed by atoms with Gasteiger partial charge in [0.05, 0.1) is 12.8 Å². The Hall–Kier alpha value is -3.29. The highest BCUT2D eigenvalue weighted by Crippen LogP contribution is 2.20. The molecule has 0 unspecified atom stereocenters. The third-order valence-electron chi connectivity index (χ3n) is 5.13. The van der Waals surface area contributed by atoms with E-state index in [4.69, 9.17) is 4.74 Å². The maximum atomic E-state index is 14.1. The molecule has 1 aliphatic rings. The van der Waals surface area contributed by atoms with E-state index in [0.717, 1.165) is 11.3 Å². The highest BCUT2D eigenvalue weighted by atomic mass is 19.1. The van der Waals surface area contributed by atoms with Crippen LogP contribution in [0.15, 0.2) is 53.5 Å². The number of halogens is 1. The van der Waals surface area contributed by atoms with E-state index >= 15 is 0 Å². The molecule has 0 atom stereocenters. The highest BCUT2D eigenvalue weighted by Gasteiger charge is 2.21. The number of amides is 1. The van der Waals surface area contributed by atoms with Gasteiger partial charge < -0.3 is 25.2 Å². The van der Waals surface area contributed by atoms with E-state index in [1.807, 2.05) is 42.2 Å². The SMILES string of the molecule is CCNC(=NCC(=O)NCc1ccc(OC)cc1)N1CCN(c2ccccc2F)CC1. The van der Waals surface area contributed by atoms with Gasteiger partial charge in [-0.15, -0.1) is 0 Å². The topological polar surface area (TPSA) is 69.2 Å². The number of nitrogens with one attached hydrogen (secondary N) is 2. The summed E-state index contributed by atoms with van der Waals surface area (Å²) in [5, 5.41) is 6.14. The summed E-state index contributed by atoms with van der Waals surface area (Å²) in [5.41, 5.74) is 1.62. The van der Waals surface area contributed by atoms with Crippen LogP contribution in [-0.2, 0) is 11.3 Å². The molecule has 2 aromatic carbocycles. The van der Waals surface area contributed by atoms with Crippen LogP contribution < -0.4 is 20.3 Å². The average molecular weight is 428 g/mol. The van der Waals surface area contributed by atoms with Crippen molar-refractivity contribution in [2.75, 3.05) is 51.3 Å². The molecule has 0 spiro atoms. The molecule has 3 rings (SSSR count). The Balaban J connectivity index is 1.51. The van der Waals surface area contributed by atoms with Crippen molar-refractivity contribution in [3.63, 3.8) is 0 Å². The highest BCUT2D eigenvalue weighted by molar-refractivity contribution is 5.85. The fraction of sp³-hybridized carbons (Fsp3) is 0.391. The molecular formula is C23H30FN5O2. The van der Waals surface area contributed by atoms with Gasteiger partial charge in [-0.3, -0.25) is 4.79 Å². The molecule has 1 saturated heterocycles. The van der Waals surface area contributed by atoms with Gasteiger partial charge in [-0.1, -0.05) is 24.3 Å². The summed E-state index contributed by atoms with van der Waals surface area (Å²) in [5.74, 6) is 1.14. The van der Waals surface area contributed by atoms with E-state index in [1.165, 1.54) is 6.07 Å². The van der Waals surface area contributed by atoms with Gasteiger partial charge in [0.15, 0.2) is 5.96 Å². The molecule has 0 bridgehead atoms. The number of guanidine groups is 1. The van der Waals surface area contributed by atoms with Crippen LogP contribution in [0.3, 0.4) is 0 Å². The molecule has 0 aromatic heterocycles. The molecule has 8 heteroatoms. The van der Waals surface area contributed by atoms with Crippen molar-refractivity contribution in [1.29, 1.82) is 0 Å². The van der Waals surface area contributed by atoms with E-state index in [-0.39, 0.29) is 18.3 Å². The van der Waals surface area contributed by atoms with Crippen molar-refractivity contribution in [2.45, 2.75) is 13.5 Å². The first-order valence-electron chi connectivity index (χ1n) is 10.5. The lowest BCUT2D eigenvalue weighted by molar-refractivity contribution is -0.119. The molecule has 7 nitrogen and oxygen atoms in total. The smallest absolute Gasteiger partial charge is 0.242 e. The average Bonchev–Trinajstić information content (AvgIpc) is 2.81. The number of anilines is 1. The predicted molar refractivity (Wildman–Crippen MR) is 121 cm³/mol. The Morgan fingerprint density at radius 3 is 2.42 bits per heavy atom. The second kappa shape index (κ2) is 11.2. The summed E-state index contributed by atoms with van der Waals surface area (Å²) in [6, 6.07) is 14.4. The van der Waals surface area contributed by atoms with Gasteiger partial charge in [0.25, 0.3) is 0 Å². The van der Waals surface area contributed by atoms with Crippen molar-refractivity contribution in [3.05, 3.63) is 59.9 Å². The zero-order valence-corrected chi connectivity index (χ0v) is 18.1. The van der Waals surface area contributed by atoms with E-state index in [1.54, 1.807) is 19.2 Å². The largest absolute Gasteiger partial charge is 0.497 e. The second-order valence-electron chi connectivity index (χ2n) is 7.22. The fourth-order valence-electron chi connectivity index (χ4n) is 3.44. The summed E-state index contributed by atoms with van der Waals surface area (Å²) in [4.78, 5) is 20.9. The van der Waals surface area contributed by atoms with Gasteiger partial charge in [-0.2, -0.15) is 0 Å². The molecule has 1 heterocycles. The Kier molecular flexibility index (Phi) is 8.09. The van der Waals surface area contributed by atoms with E-state index < -0.39 is 0 Å². The lowest BCUT2D eigenvalue weighted by atomic mass is 10.2. The molecule has 31 heavy (non-hydrogen) atoms. The van der Waals surface area contributed by atoms with Gasteiger partial charge in [0, 0.05) is 39.3 Å². The Labute approximate surface area is 182 Å². The number of nitrogens with zero attached hydrogens (tertiary/aromatic N) is 3. The predicted octanol–water partition coefficient (Wildman–Crippen LogP) is 2.24. The molecule has 0 radical (unpaired) electrons. The van der Waals surface area contributed by atoms with E-state index in [0.29, 0.717) is 50.9 Å². The van der Waals surface area contributed by atoms with Gasteiger partial charge >= 0.3 is 0 Å². The van der Waals surface area contributed by atoms with Crippen molar-refractivity contribution in [1.82, 2.24) is 15.5 Å². The van der Waals surface area contributed by atoms with Crippen LogP contribution in [0.1, 0.15) is 12.5 Å². The standard InChI is InChI=1S/C23H30FN5O2/c1-3-25-23(27-17-22(30)26-16-18-8-10-19(31-2)11-9-18)29-14-12-28(13-15-29)21-7-5-4-6-20(21)24/h4-11H,3,12-17H2,1-2H3,(H,25,27)(H,26,30). The molecule has 166 valence electrons. The van der Waals surface area contributed by atoms with Gasteiger partial charge in [0.1, 0.15) is 18.1 Å². The lowest BCUT2D eigenvalue weighted by Gasteiger charge is -2.37. The number of benzene rings is 2. The van der Waals surface area contributed by atoms with E-state index in [2.05, 4.69) is 20.5 Å². The minimum absolute atomic E-state index is 0.0476. The molecule has 0 aliphatic carbocycles. The number of piperazine rings is 1. The summed E-state index contributed by atoms with van der Waals surface area (Å²) in [7, 11) is 1.62. The Morgan fingerprint density at radius 1 is 1.06 bits per heavy atom. The maximum Gasteiger partial charge on any atom is 0.242 e. The van der Waals surface area contributed by atoms with Crippen LogP contribution in [0.4, 0.5) is 10.1 Å². The number of methoxy groups -OCH3 is 1. The normalized spacial score (nSPS) is 14.4. The monoisotopic (exact) mass is 427 g/mol. The quantitative estimate of drug-likeness (QED) is 0.524. The number of hydrogen-bond donors (Lipinski definition) is 2. The third kappa shape index (κ3) is 6.34. The minimum atomic E-state index is -0.204. The van der Waals surface area contributed by atoms with Crippen LogP contribution in [0.5, 0.6) is 5.75 Å². The lowest BCUT2D eigenvalue weighted by Crippen LogP contribution is -2.53. The van der Waals surface area contributed by atoms with Crippen LogP contribution in [0.25, 0.3) is 0 Å². The number of ether oxygens (including phenoxy) is 1. The first-order valence-corrected chi connectivity index (χ1v) is 10.5. The first kappa shape index (κ1) is 22.4. The minimum Gasteiger partial charge on any atom is -0.497 e. The number of aliphatic imine (C=N–C) groups is 1. The number of carbonyl (C=O) groups excluding carboxylic acids is 1. The first-order chi connectivity index (χ1) is 15.1. The maximum absolute atomic E-state index is 14.1. The van der Waals surface area contributed by atoms with Crippen molar-refractivity contribution >= 4 is 17.6 Å². The number of para-hydroxylation sites is 1. The van der Waals surface area contributed by atoms with Crippen molar-refractivity contribution < 1.29 is 13.9 Å². The van der Waals surface area contributed by atoms with Gasteiger partial charge in [-0.05, 0) is 36.8 Å². The zero-order valence-electron chi connectivity index (χ0n) is 18.1. The second-order valence-corrected chi connectivity index (χ2v) is 7.22. The molecule has 1 amide bonds. The molecule has 1 aliphatic heterocycles. The van der Waals surface area contributed by atoms with Crippen molar-refractivity contribution in [2.24, 2.45) is 4.99 Å². The molecule has 0 saturated carbocycles. The summed E-state index contributed by atoms with van der Waals surface area (Å²) in [6.07, 6.45) is 0. The van der Waals surface area contributed by atoms with E-state index in [9.17, 15) is 9.18 Å². The molecule has 2 N–H and O–H groups in total. The molecular weight excluding hydrogens is 397 g/mol. The number of carbonyl (C=O) groups is 1. The summed E-state index contributed by atoms with van der Waals surface area (Å²) in [6.45, 7) is 5.97. The fourth-order valence-corrected chi connectivity index (χ4v) is 3.44. The van der Waals surface area contributed by atoms with Crippen LogP contribution in [0, 0.1) is 5.82 Å². The Bertz CT molecular complexity index is 880. The molecule has 1 fully saturated rings. The van der Waals surface area contributed by atoms with Crippen LogP contribution >= 0.6 is 0 Å². The summed E-state index contributed by atoms with van der Waals surface area (Å²) < 4.78 is 19.2. The van der Waals surface area contributed by atoms with Gasteiger partial charge in [-0.25, -0.2) is 9.38 Å². The Morgan fingerprint density at radius 2 is 1.77 bits per heavy atom. The van der Waals surface area contributed by atoms with Crippen LogP contribution in [-0.4, -0.2) is 63.1 Å². The van der Waals surface area contributed by atoms with Gasteiger partial charge in [0.2, 0.25) is 5.91 Å². The van der Waals surface area contributed by atoms with Crippen molar-refractivity contribution in [3.8, 4) is 5.75 Å². The third-order valence-corrected chi connectivity index (χ3v) is 5.13.